The Bertz CT molecular complexity index is 1240. The van der Waals surface area contributed by atoms with Gasteiger partial charge in [-0.2, -0.15) is 13.2 Å². The Hall–Kier alpha value is -3.05. The van der Waals surface area contributed by atoms with Crippen LogP contribution in [0, 0.1) is 0 Å². The fourth-order valence-electron chi connectivity index (χ4n) is 6.40. The van der Waals surface area contributed by atoms with E-state index in [0.29, 0.717) is 12.1 Å². The van der Waals surface area contributed by atoms with Crippen molar-refractivity contribution >= 4 is 29.0 Å². The smallest absolute Gasteiger partial charge is 0.490 e. The SMILES string of the molecule is COc1ccc(C23CCC(NC(=S)Nc4ccc5c(c4)CCC5)CC2N(C)CC3)cc1OC.O=C(O)C(F)(F)F. The number of anilines is 1. The van der Waals surface area contributed by atoms with Gasteiger partial charge in [0.05, 0.1) is 14.2 Å². The van der Waals surface area contributed by atoms with E-state index in [1.165, 1.54) is 42.4 Å². The number of likely N-dealkylation sites (N-methyl/N-ethyl adjacent to an activating group) is 1. The summed E-state index contributed by atoms with van der Waals surface area (Å²) in [4.78, 5) is 11.4. The van der Waals surface area contributed by atoms with Crippen LogP contribution in [0.5, 0.6) is 11.5 Å². The lowest BCUT2D eigenvalue weighted by Gasteiger charge is -2.45. The molecule has 5 rings (SSSR count). The molecule has 2 fully saturated rings. The number of carboxylic acid groups (broad SMARTS) is 1. The van der Waals surface area contributed by atoms with E-state index in [0.717, 1.165) is 48.1 Å². The Morgan fingerprint density at radius 1 is 1.07 bits per heavy atom. The van der Waals surface area contributed by atoms with Crippen LogP contribution in [0.25, 0.3) is 0 Å². The molecule has 11 heteroatoms. The number of halogens is 3. The number of likely N-dealkylation sites (tertiary alicyclic amines) is 1. The van der Waals surface area contributed by atoms with E-state index in [2.05, 4.69) is 59.0 Å². The summed E-state index contributed by atoms with van der Waals surface area (Å²) in [6, 6.07) is 14.0. The Morgan fingerprint density at radius 2 is 1.77 bits per heavy atom. The number of hydrogen-bond acceptors (Lipinski definition) is 5. The second kappa shape index (κ2) is 12.2. The minimum absolute atomic E-state index is 0.154. The number of carboxylic acids is 1. The molecule has 2 aliphatic carbocycles. The summed E-state index contributed by atoms with van der Waals surface area (Å²) in [7, 11) is 5.67. The minimum atomic E-state index is -5.08. The molecule has 218 valence electrons. The molecule has 2 aromatic rings. The van der Waals surface area contributed by atoms with E-state index in [-0.39, 0.29) is 5.41 Å². The van der Waals surface area contributed by atoms with Crippen molar-refractivity contribution in [2.75, 3.05) is 33.1 Å². The molecule has 1 saturated carbocycles. The average molecular weight is 580 g/mol. The van der Waals surface area contributed by atoms with Crippen LogP contribution < -0.4 is 20.1 Å². The first kappa shape index (κ1) is 29.9. The normalized spacial score (nSPS) is 23.8. The summed E-state index contributed by atoms with van der Waals surface area (Å²) in [5.41, 5.74) is 5.57. The number of ether oxygens (including phenoxy) is 2. The molecule has 3 atom stereocenters. The summed E-state index contributed by atoms with van der Waals surface area (Å²) in [5.74, 6) is -1.15. The number of aryl methyl sites for hydroxylation is 2. The number of benzene rings is 2. The van der Waals surface area contributed by atoms with Gasteiger partial charge in [0.1, 0.15) is 0 Å². The van der Waals surface area contributed by atoms with Gasteiger partial charge in [0, 0.05) is 23.2 Å². The maximum Gasteiger partial charge on any atom is 0.490 e. The van der Waals surface area contributed by atoms with Gasteiger partial charge >= 0.3 is 12.1 Å². The first-order valence-electron chi connectivity index (χ1n) is 13.4. The standard InChI is InChI=1S/C27H35N3O2S.C2HF3O2/c1-30-14-13-27(20-8-10-23(31-2)24(16-20)32-3)12-11-22(17-25(27)30)29-26(33)28-21-9-7-18-5-4-6-19(18)15-21;3-2(4,5)1(6)7/h7-10,15-16,22,25H,4-6,11-14,17H2,1-3H3,(H2,28,29,33);(H,6,7). The van der Waals surface area contributed by atoms with Gasteiger partial charge in [-0.25, -0.2) is 4.79 Å². The number of fused-ring (bicyclic) bond motifs is 2. The number of alkyl halides is 3. The molecule has 7 nitrogen and oxygen atoms in total. The van der Waals surface area contributed by atoms with Crippen LogP contribution in [0.15, 0.2) is 36.4 Å². The predicted molar refractivity (Wildman–Crippen MR) is 151 cm³/mol. The van der Waals surface area contributed by atoms with Gasteiger partial charge in [0.15, 0.2) is 16.6 Å². The molecule has 0 aromatic heterocycles. The number of carbonyl (C=O) groups is 1. The number of nitrogens with zero attached hydrogens (tertiary/aromatic N) is 1. The fraction of sp³-hybridized carbons (Fsp3) is 0.517. The topological polar surface area (TPSA) is 83.1 Å². The molecule has 3 N–H and O–H groups in total. The third-order valence-corrected chi connectivity index (χ3v) is 8.64. The molecule has 3 unspecified atom stereocenters. The minimum Gasteiger partial charge on any atom is -0.493 e. The molecule has 3 aliphatic rings. The lowest BCUT2D eigenvalue weighted by Crippen LogP contribution is -2.52. The van der Waals surface area contributed by atoms with Crippen molar-refractivity contribution in [3.8, 4) is 11.5 Å². The molecular weight excluding hydrogens is 543 g/mol. The second-order valence-electron chi connectivity index (χ2n) is 10.7. The van der Waals surface area contributed by atoms with E-state index in [4.69, 9.17) is 31.6 Å². The van der Waals surface area contributed by atoms with Crippen molar-refractivity contribution in [1.29, 1.82) is 0 Å². The lowest BCUT2D eigenvalue weighted by molar-refractivity contribution is -0.192. The summed E-state index contributed by atoms with van der Waals surface area (Å²) in [5, 5.41) is 14.9. The highest BCUT2D eigenvalue weighted by molar-refractivity contribution is 7.80. The molecule has 1 aliphatic heterocycles. The van der Waals surface area contributed by atoms with Crippen LogP contribution in [0.1, 0.15) is 48.8 Å². The maximum atomic E-state index is 10.6. The third kappa shape index (κ3) is 6.46. The molecule has 0 spiro atoms. The highest BCUT2D eigenvalue weighted by Crippen LogP contribution is 2.49. The number of aliphatic carboxylic acids is 1. The van der Waals surface area contributed by atoms with Gasteiger partial charge in [-0.1, -0.05) is 12.1 Å². The van der Waals surface area contributed by atoms with Crippen LogP contribution in [0.3, 0.4) is 0 Å². The van der Waals surface area contributed by atoms with Crippen molar-refractivity contribution < 1.29 is 32.5 Å². The molecule has 1 saturated heterocycles. The van der Waals surface area contributed by atoms with E-state index in [1.807, 2.05) is 0 Å². The van der Waals surface area contributed by atoms with Gasteiger partial charge in [-0.3, -0.25) is 0 Å². The summed E-state index contributed by atoms with van der Waals surface area (Å²) in [6.07, 6.45) is 3.06. The number of nitrogens with one attached hydrogen (secondary N) is 2. The van der Waals surface area contributed by atoms with Crippen molar-refractivity contribution in [3.05, 3.63) is 53.1 Å². The Labute approximate surface area is 238 Å². The summed E-state index contributed by atoms with van der Waals surface area (Å²) < 4.78 is 42.8. The third-order valence-electron chi connectivity index (χ3n) is 8.42. The van der Waals surface area contributed by atoms with E-state index in [9.17, 15) is 13.2 Å². The monoisotopic (exact) mass is 579 g/mol. The van der Waals surface area contributed by atoms with Crippen molar-refractivity contribution in [2.24, 2.45) is 0 Å². The summed E-state index contributed by atoms with van der Waals surface area (Å²) in [6.45, 7) is 1.11. The number of rotatable bonds is 5. The second-order valence-corrected chi connectivity index (χ2v) is 11.1. The van der Waals surface area contributed by atoms with E-state index < -0.39 is 12.1 Å². The Balaban J connectivity index is 0.000000470. The van der Waals surface area contributed by atoms with Crippen molar-refractivity contribution in [2.45, 2.75) is 68.6 Å². The zero-order valence-corrected chi connectivity index (χ0v) is 23.8. The highest BCUT2D eigenvalue weighted by atomic mass is 32.1. The van der Waals surface area contributed by atoms with Crippen molar-refractivity contribution in [3.63, 3.8) is 0 Å². The van der Waals surface area contributed by atoms with Gasteiger partial charge in [-0.05, 0) is 112 Å². The van der Waals surface area contributed by atoms with Gasteiger partial charge in [0.25, 0.3) is 0 Å². The van der Waals surface area contributed by atoms with Gasteiger partial charge in [0.2, 0.25) is 0 Å². The Morgan fingerprint density at radius 3 is 2.45 bits per heavy atom. The molecule has 1 heterocycles. The Kier molecular flexibility index (Phi) is 9.14. The van der Waals surface area contributed by atoms with Gasteiger partial charge in [-0.15, -0.1) is 0 Å². The van der Waals surface area contributed by atoms with Gasteiger partial charge < -0.3 is 30.1 Å². The lowest BCUT2D eigenvalue weighted by atomic mass is 9.65. The largest absolute Gasteiger partial charge is 0.493 e. The van der Waals surface area contributed by atoms with Crippen LogP contribution in [0.2, 0.25) is 0 Å². The molecule has 40 heavy (non-hydrogen) atoms. The van der Waals surface area contributed by atoms with Crippen molar-refractivity contribution in [1.82, 2.24) is 10.2 Å². The highest BCUT2D eigenvalue weighted by Gasteiger charge is 2.50. The van der Waals surface area contributed by atoms with E-state index in [1.54, 1.807) is 14.2 Å². The maximum absolute atomic E-state index is 10.6. The van der Waals surface area contributed by atoms with Crippen LogP contribution >= 0.6 is 12.2 Å². The predicted octanol–water partition coefficient (Wildman–Crippen LogP) is 5.31. The zero-order chi connectivity index (χ0) is 29.1. The molecule has 0 radical (unpaired) electrons. The van der Waals surface area contributed by atoms with Crippen LogP contribution in [-0.4, -0.2) is 67.2 Å². The average Bonchev–Trinajstić information content (AvgIpc) is 3.52. The fourth-order valence-corrected chi connectivity index (χ4v) is 6.68. The molecule has 0 bridgehead atoms. The first-order valence-corrected chi connectivity index (χ1v) is 13.8. The molecule has 0 amide bonds. The van der Waals surface area contributed by atoms with Crippen LogP contribution in [0.4, 0.5) is 18.9 Å². The van der Waals surface area contributed by atoms with E-state index >= 15 is 0 Å². The quantitative estimate of drug-likeness (QED) is 0.412. The molecular formula is C29H36F3N3O4S. The van der Waals surface area contributed by atoms with Crippen LogP contribution in [-0.2, 0) is 23.1 Å². The summed E-state index contributed by atoms with van der Waals surface area (Å²) >= 11 is 5.71. The number of thiocarbonyl (C=S) groups is 1. The first-order chi connectivity index (χ1) is 19.0. The zero-order valence-electron chi connectivity index (χ0n) is 22.9. The molecule has 2 aromatic carbocycles. The number of hydrogen-bond donors (Lipinski definition) is 3. The number of methoxy groups -OCH3 is 2.